The van der Waals surface area contributed by atoms with Gasteiger partial charge in [0, 0.05) is 11.3 Å². The smallest absolute Gasteiger partial charge is 0.128 e. The second-order valence-corrected chi connectivity index (χ2v) is 4.58. The van der Waals surface area contributed by atoms with Gasteiger partial charge in [-0.1, -0.05) is 30.3 Å². The first-order valence-electron chi connectivity index (χ1n) is 5.84. The molecule has 2 aromatic carbocycles. The maximum Gasteiger partial charge on any atom is 0.128 e. The Bertz CT molecular complexity index is 563. The lowest BCUT2D eigenvalue weighted by molar-refractivity contribution is 0.595. The van der Waals surface area contributed by atoms with Crippen LogP contribution in [0, 0.1) is 12.7 Å². The minimum absolute atomic E-state index is 0.0630. The Labute approximate surface area is 100 Å². The van der Waals surface area contributed by atoms with Gasteiger partial charge < -0.3 is 5.32 Å². The summed E-state index contributed by atoms with van der Waals surface area (Å²) in [7, 11) is 0. The lowest BCUT2D eigenvalue weighted by atomic mass is 10.0. The normalized spacial score (nSPS) is 17.6. The fourth-order valence-corrected chi connectivity index (χ4v) is 2.41. The van der Waals surface area contributed by atoms with E-state index in [-0.39, 0.29) is 11.9 Å². The van der Waals surface area contributed by atoms with Crippen LogP contribution in [0.2, 0.25) is 0 Å². The van der Waals surface area contributed by atoms with E-state index in [4.69, 9.17) is 0 Å². The monoisotopic (exact) mass is 227 g/mol. The van der Waals surface area contributed by atoms with E-state index in [2.05, 4.69) is 30.4 Å². The fourth-order valence-electron chi connectivity index (χ4n) is 2.41. The molecular formula is C15H14FN. The van der Waals surface area contributed by atoms with E-state index in [9.17, 15) is 4.39 Å². The van der Waals surface area contributed by atoms with Gasteiger partial charge >= 0.3 is 0 Å². The Morgan fingerprint density at radius 2 is 2.00 bits per heavy atom. The summed E-state index contributed by atoms with van der Waals surface area (Å²) in [5.41, 5.74) is 4.38. The van der Waals surface area contributed by atoms with E-state index in [1.807, 2.05) is 12.1 Å². The molecule has 1 N–H and O–H groups in total. The lowest BCUT2D eigenvalue weighted by Crippen LogP contribution is -2.07. The Morgan fingerprint density at radius 1 is 1.18 bits per heavy atom. The highest BCUT2D eigenvalue weighted by molar-refractivity contribution is 5.59. The number of rotatable bonds is 1. The van der Waals surface area contributed by atoms with Crippen molar-refractivity contribution >= 4 is 5.69 Å². The Balaban J connectivity index is 1.94. The highest BCUT2D eigenvalue weighted by Gasteiger charge is 2.23. The average molecular weight is 227 g/mol. The average Bonchev–Trinajstić information content (AvgIpc) is 2.72. The standard InChI is InChI=1S/C15H14FN/c1-10-6-7-11-9-15(17-14(11)8-10)12-4-2-3-5-13(12)16/h2-8,15,17H,9H2,1H3. The van der Waals surface area contributed by atoms with Crippen LogP contribution in [0.15, 0.2) is 42.5 Å². The van der Waals surface area contributed by atoms with Crippen LogP contribution >= 0.6 is 0 Å². The highest BCUT2D eigenvalue weighted by atomic mass is 19.1. The Kier molecular flexibility index (Phi) is 2.36. The third kappa shape index (κ3) is 1.80. The van der Waals surface area contributed by atoms with Crippen molar-refractivity contribution in [2.24, 2.45) is 0 Å². The summed E-state index contributed by atoms with van der Waals surface area (Å²) in [5.74, 6) is -0.130. The van der Waals surface area contributed by atoms with E-state index in [0.717, 1.165) is 17.7 Å². The van der Waals surface area contributed by atoms with Crippen molar-refractivity contribution in [3.8, 4) is 0 Å². The summed E-state index contributed by atoms with van der Waals surface area (Å²) in [5, 5.41) is 3.39. The molecule has 1 aliphatic heterocycles. The minimum atomic E-state index is -0.130. The maximum atomic E-state index is 13.7. The molecule has 1 heterocycles. The second-order valence-electron chi connectivity index (χ2n) is 4.58. The zero-order chi connectivity index (χ0) is 11.8. The molecule has 86 valence electrons. The topological polar surface area (TPSA) is 12.0 Å². The Hall–Kier alpha value is -1.83. The zero-order valence-corrected chi connectivity index (χ0v) is 9.70. The molecule has 0 saturated heterocycles. The predicted molar refractivity (Wildman–Crippen MR) is 67.6 cm³/mol. The molecule has 0 aliphatic carbocycles. The van der Waals surface area contributed by atoms with Crippen LogP contribution in [0.3, 0.4) is 0 Å². The number of aryl methyl sites for hydroxylation is 1. The molecule has 0 spiro atoms. The van der Waals surface area contributed by atoms with Gasteiger partial charge in [0.2, 0.25) is 0 Å². The lowest BCUT2D eigenvalue weighted by Gasteiger charge is -2.12. The van der Waals surface area contributed by atoms with E-state index >= 15 is 0 Å². The molecule has 0 aromatic heterocycles. The summed E-state index contributed by atoms with van der Waals surface area (Å²) in [6, 6.07) is 13.4. The summed E-state index contributed by atoms with van der Waals surface area (Å²) in [6.07, 6.45) is 0.858. The number of hydrogen-bond acceptors (Lipinski definition) is 1. The molecule has 2 heteroatoms. The van der Waals surface area contributed by atoms with Gasteiger partial charge in [-0.25, -0.2) is 4.39 Å². The summed E-state index contributed by atoms with van der Waals surface area (Å²) < 4.78 is 13.7. The van der Waals surface area contributed by atoms with Gasteiger partial charge in [-0.15, -0.1) is 0 Å². The van der Waals surface area contributed by atoms with Crippen molar-refractivity contribution in [1.82, 2.24) is 0 Å². The largest absolute Gasteiger partial charge is 0.378 e. The molecule has 3 rings (SSSR count). The molecule has 0 fully saturated rings. The molecule has 17 heavy (non-hydrogen) atoms. The van der Waals surface area contributed by atoms with E-state index in [1.54, 1.807) is 6.07 Å². The molecule has 0 bridgehead atoms. The van der Waals surface area contributed by atoms with Crippen molar-refractivity contribution in [1.29, 1.82) is 0 Å². The number of fused-ring (bicyclic) bond motifs is 1. The van der Waals surface area contributed by atoms with Gasteiger partial charge in [0.1, 0.15) is 5.82 Å². The van der Waals surface area contributed by atoms with Gasteiger partial charge in [0.25, 0.3) is 0 Å². The van der Waals surface area contributed by atoms with Crippen molar-refractivity contribution in [2.75, 3.05) is 5.32 Å². The third-order valence-electron chi connectivity index (χ3n) is 3.30. The molecule has 0 radical (unpaired) electrons. The first-order chi connectivity index (χ1) is 8.24. The third-order valence-corrected chi connectivity index (χ3v) is 3.30. The number of halogens is 1. The van der Waals surface area contributed by atoms with E-state index in [1.165, 1.54) is 17.2 Å². The zero-order valence-electron chi connectivity index (χ0n) is 9.70. The molecule has 1 aliphatic rings. The first-order valence-corrected chi connectivity index (χ1v) is 5.84. The van der Waals surface area contributed by atoms with Crippen molar-refractivity contribution in [2.45, 2.75) is 19.4 Å². The summed E-state index contributed by atoms with van der Waals surface area (Å²) >= 11 is 0. The number of hydrogen-bond donors (Lipinski definition) is 1. The minimum Gasteiger partial charge on any atom is -0.378 e. The molecule has 1 unspecified atom stereocenters. The van der Waals surface area contributed by atoms with Gasteiger partial charge in [0.15, 0.2) is 0 Å². The summed E-state index contributed by atoms with van der Waals surface area (Å²) in [6.45, 7) is 2.07. The number of anilines is 1. The number of nitrogens with one attached hydrogen (secondary N) is 1. The van der Waals surface area contributed by atoms with E-state index < -0.39 is 0 Å². The Morgan fingerprint density at radius 3 is 2.82 bits per heavy atom. The number of benzene rings is 2. The van der Waals surface area contributed by atoms with Crippen LogP contribution in [-0.4, -0.2) is 0 Å². The van der Waals surface area contributed by atoms with Crippen molar-refractivity contribution < 1.29 is 4.39 Å². The molecule has 0 amide bonds. The highest BCUT2D eigenvalue weighted by Crippen LogP contribution is 2.35. The van der Waals surface area contributed by atoms with Crippen molar-refractivity contribution in [3.63, 3.8) is 0 Å². The fraction of sp³-hybridized carbons (Fsp3) is 0.200. The van der Waals surface area contributed by atoms with Crippen LogP contribution in [-0.2, 0) is 6.42 Å². The summed E-state index contributed by atoms with van der Waals surface area (Å²) in [4.78, 5) is 0. The molecule has 0 saturated carbocycles. The van der Waals surface area contributed by atoms with Crippen LogP contribution in [0.25, 0.3) is 0 Å². The molecular weight excluding hydrogens is 213 g/mol. The SMILES string of the molecule is Cc1ccc2c(c1)NC(c1ccccc1F)C2. The van der Waals surface area contributed by atoms with Gasteiger partial charge in [0.05, 0.1) is 6.04 Å². The quantitative estimate of drug-likeness (QED) is 0.780. The van der Waals surface area contributed by atoms with Crippen LogP contribution in [0.5, 0.6) is 0 Å². The maximum absolute atomic E-state index is 13.7. The van der Waals surface area contributed by atoms with Crippen LogP contribution in [0.1, 0.15) is 22.7 Å². The van der Waals surface area contributed by atoms with Gasteiger partial charge in [-0.2, -0.15) is 0 Å². The van der Waals surface area contributed by atoms with E-state index in [0.29, 0.717) is 0 Å². The molecule has 1 atom stereocenters. The van der Waals surface area contributed by atoms with Crippen LogP contribution in [0.4, 0.5) is 10.1 Å². The second kappa shape index (κ2) is 3.88. The molecule has 2 aromatic rings. The van der Waals surface area contributed by atoms with Gasteiger partial charge in [-0.3, -0.25) is 0 Å². The first kappa shape index (κ1) is 10.3. The molecule has 1 nitrogen and oxygen atoms in total. The van der Waals surface area contributed by atoms with Crippen LogP contribution < -0.4 is 5.32 Å². The predicted octanol–water partition coefficient (Wildman–Crippen LogP) is 3.84. The van der Waals surface area contributed by atoms with Crippen molar-refractivity contribution in [3.05, 3.63) is 65.0 Å². The van der Waals surface area contributed by atoms with Gasteiger partial charge in [-0.05, 0) is 36.6 Å².